The van der Waals surface area contributed by atoms with Crippen molar-refractivity contribution in [2.24, 2.45) is 0 Å². The van der Waals surface area contributed by atoms with Gasteiger partial charge in [-0.2, -0.15) is 0 Å². The smallest absolute Gasteiger partial charge is 0.0731 e. The van der Waals surface area contributed by atoms with Gasteiger partial charge in [-0.3, -0.25) is 0 Å². The third kappa shape index (κ3) is 2.72. The molecule has 0 nitrogen and oxygen atoms in total. The Bertz CT molecular complexity index is 2360. The summed E-state index contributed by atoms with van der Waals surface area (Å²) in [6.45, 7) is 0. The molecule has 8 aromatic rings. The summed E-state index contributed by atoms with van der Waals surface area (Å²) in [6, 6.07) is 54.7. The normalized spacial score (nSPS) is 13.9. The molecule has 0 saturated carbocycles. The molecule has 0 N–H and O–H groups in total. The molecule has 0 aliphatic heterocycles. The largest absolute Gasteiger partial charge is 0.135 e. The van der Waals surface area contributed by atoms with E-state index >= 15 is 0 Å². The molecule has 0 radical (unpaired) electrons. The van der Waals surface area contributed by atoms with Crippen LogP contribution in [-0.2, 0) is 5.41 Å². The molecule has 1 aromatic heterocycles. The van der Waals surface area contributed by atoms with Gasteiger partial charge < -0.3 is 0 Å². The van der Waals surface area contributed by atoms with Crippen molar-refractivity contribution in [1.82, 2.24) is 0 Å². The van der Waals surface area contributed by atoms with Gasteiger partial charge in [0, 0.05) is 20.2 Å². The molecular formula is C41H24S. The first-order valence-electron chi connectivity index (χ1n) is 14.6. The lowest BCUT2D eigenvalue weighted by Gasteiger charge is -2.31. The maximum absolute atomic E-state index is 2.46. The van der Waals surface area contributed by atoms with E-state index in [9.17, 15) is 0 Å². The van der Waals surface area contributed by atoms with Crippen molar-refractivity contribution < 1.29 is 0 Å². The Balaban J connectivity index is 1.31. The van der Waals surface area contributed by atoms with E-state index < -0.39 is 0 Å². The Morgan fingerprint density at radius 2 is 0.905 bits per heavy atom. The molecule has 194 valence electrons. The maximum atomic E-state index is 2.46. The molecule has 10 rings (SSSR count). The molecule has 0 saturated heterocycles. The summed E-state index contributed by atoms with van der Waals surface area (Å²) in [4.78, 5) is 0. The van der Waals surface area contributed by atoms with Crippen LogP contribution in [0.3, 0.4) is 0 Å². The van der Waals surface area contributed by atoms with Crippen LogP contribution in [0.4, 0.5) is 0 Å². The van der Waals surface area contributed by atoms with Gasteiger partial charge in [0.2, 0.25) is 0 Å². The summed E-state index contributed by atoms with van der Waals surface area (Å²) in [5.41, 5.74) is 13.2. The van der Waals surface area contributed by atoms with Crippen LogP contribution >= 0.6 is 11.3 Å². The van der Waals surface area contributed by atoms with E-state index in [4.69, 9.17) is 0 Å². The van der Waals surface area contributed by atoms with E-state index in [1.54, 1.807) is 0 Å². The van der Waals surface area contributed by atoms with Crippen LogP contribution in [0.15, 0.2) is 146 Å². The summed E-state index contributed by atoms with van der Waals surface area (Å²) in [5, 5.41) is 5.31. The zero-order valence-electron chi connectivity index (χ0n) is 22.8. The Kier molecular flexibility index (Phi) is 4.35. The average Bonchev–Trinajstić information content (AvgIpc) is 3.68. The minimum Gasteiger partial charge on any atom is -0.135 e. The zero-order chi connectivity index (χ0) is 27.4. The lowest BCUT2D eigenvalue weighted by molar-refractivity contribution is 0.801. The summed E-state index contributed by atoms with van der Waals surface area (Å²) in [7, 11) is 0. The lowest BCUT2D eigenvalue weighted by atomic mass is 9.69. The molecular weight excluding hydrogens is 525 g/mol. The minimum atomic E-state index is -0.342. The number of rotatable bonds is 1. The van der Waals surface area contributed by atoms with Crippen LogP contribution < -0.4 is 0 Å². The van der Waals surface area contributed by atoms with E-state index in [1.807, 2.05) is 11.3 Å². The number of benzene rings is 7. The van der Waals surface area contributed by atoms with E-state index in [-0.39, 0.29) is 5.41 Å². The second kappa shape index (κ2) is 8.06. The molecule has 0 unspecified atom stereocenters. The van der Waals surface area contributed by atoms with Gasteiger partial charge in [-0.05, 0) is 90.7 Å². The van der Waals surface area contributed by atoms with E-state index in [0.717, 1.165) is 0 Å². The first-order valence-corrected chi connectivity index (χ1v) is 15.4. The number of thiophene rings is 1. The monoisotopic (exact) mass is 548 g/mol. The number of fused-ring (bicyclic) bond motifs is 15. The van der Waals surface area contributed by atoms with E-state index in [0.29, 0.717) is 0 Å². The molecule has 0 bridgehead atoms. The van der Waals surface area contributed by atoms with Gasteiger partial charge in [0.1, 0.15) is 0 Å². The van der Waals surface area contributed by atoms with Gasteiger partial charge in [-0.25, -0.2) is 0 Å². The van der Waals surface area contributed by atoms with Crippen molar-refractivity contribution in [2.45, 2.75) is 5.41 Å². The highest BCUT2D eigenvalue weighted by molar-refractivity contribution is 7.25. The molecule has 0 amide bonds. The SMILES string of the molecule is c1ccc2c(c1)-c1ccccc1C21c2ccccc2-c2ccc3ccc(-c4ccc5sc6ccccc6c5c4)cc3c21. The minimum absolute atomic E-state index is 0.342. The number of hydrogen-bond acceptors (Lipinski definition) is 1. The molecule has 2 aliphatic rings. The van der Waals surface area contributed by atoms with Crippen molar-refractivity contribution in [3.63, 3.8) is 0 Å². The second-order valence-electron chi connectivity index (χ2n) is 11.6. The van der Waals surface area contributed by atoms with Crippen molar-refractivity contribution in [3.8, 4) is 33.4 Å². The van der Waals surface area contributed by atoms with Crippen LogP contribution in [0.1, 0.15) is 22.3 Å². The topological polar surface area (TPSA) is 0 Å². The molecule has 1 heterocycles. The predicted octanol–water partition coefficient (Wildman–Crippen LogP) is 11.2. The predicted molar refractivity (Wildman–Crippen MR) is 179 cm³/mol. The fraction of sp³-hybridized carbons (Fsp3) is 0.0244. The molecule has 42 heavy (non-hydrogen) atoms. The fourth-order valence-electron chi connectivity index (χ4n) is 8.01. The third-order valence-corrected chi connectivity index (χ3v) is 10.8. The quantitative estimate of drug-likeness (QED) is 0.191. The Morgan fingerprint density at radius 3 is 1.62 bits per heavy atom. The van der Waals surface area contributed by atoms with Gasteiger partial charge in [0.25, 0.3) is 0 Å². The first kappa shape index (κ1) is 22.7. The second-order valence-corrected chi connectivity index (χ2v) is 12.7. The van der Waals surface area contributed by atoms with Crippen molar-refractivity contribution in [1.29, 1.82) is 0 Å². The molecule has 1 spiro atoms. The van der Waals surface area contributed by atoms with Crippen LogP contribution in [0.5, 0.6) is 0 Å². The van der Waals surface area contributed by atoms with Gasteiger partial charge in [0.15, 0.2) is 0 Å². The van der Waals surface area contributed by atoms with Crippen LogP contribution in [0.2, 0.25) is 0 Å². The Labute approximate surface area is 248 Å². The summed E-state index contributed by atoms with van der Waals surface area (Å²) >= 11 is 1.88. The highest BCUT2D eigenvalue weighted by atomic mass is 32.1. The molecule has 1 heteroatoms. The van der Waals surface area contributed by atoms with Crippen LogP contribution in [0.25, 0.3) is 64.3 Å². The molecule has 0 atom stereocenters. The van der Waals surface area contributed by atoms with Gasteiger partial charge in [0.05, 0.1) is 5.41 Å². The number of hydrogen-bond donors (Lipinski definition) is 0. The lowest BCUT2D eigenvalue weighted by Crippen LogP contribution is -2.26. The Morgan fingerprint density at radius 1 is 0.381 bits per heavy atom. The third-order valence-electron chi connectivity index (χ3n) is 9.68. The summed E-state index contributed by atoms with van der Waals surface area (Å²) < 4.78 is 2.69. The van der Waals surface area contributed by atoms with Gasteiger partial charge in [-0.1, -0.05) is 121 Å². The Hall–Kier alpha value is -4.98. The van der Waals surface area contributed by atoms with Gasteiger partial charge in [-0.15, -0.1) is 11.3 Å². The van der Waals surface area contributed by atoms with Gasteiger partial charge >= 0.3 is 0 Å². The summed E-state index contributed by atoms with van der Waals surface area (Å²) in [6.07, 6.45) is 0. The fourth-order valence-corrected chi connectivity index (χ4v) is 9.09. The zero-order valence-corrected chi connectivity index (χ0v) is 23.6. The van der Waals surface area contributed by atoms with Crippen LogP contribution in [-0.4, -0.2) is 0 Å². The van der Waals surface area contributed by atoms with Crippen molar-refractivity contribution in [3.05, 3.63) is 168 Å². The average molecular weight is 549 g/mol. The first-order chi connectivity index (χ1) is 20.8. The molecule has 0 fully saturated rings. The van der Waals surface area contributed by atoms with E-state index in [2.05, 4.69) is 146 Å². The highest BCUT2D eigenvalue weighted by Gasteiger charge is 2.52. The summed E-state index contributed by atoms with van der Waals surface area (Å²) in [5.74, 6) is 0. The van der Waals surface area contributed by atoms with E-state index in [1.165, 1.54) is 86.6 Å². The molecule has 2 aliphatic carbocycles. The molecule has 7 aromatic carbocycles. The van der Waals surface area contributed by atoms with Crippen LogP contribution in [0, 0.1) is 0 Å². The standard InChI is InChI=1S/C41H24S/c1-5-13-35-28(9-1)29-10-2-6-14-36(29)41(35)37-15-7-3-11-30(37)32-21-19-25-17-18-26(23-33(25)40(32)41)27-20-22-39-34(24-27)31-12-4-8-16-38(31)42-39/h1-24H. The maximum Gasteiger partial charge on any atom is 0.0731 e. The highest BCUT2D eigenvalue weighted by Crippen LogP contribution is 2.64. The van der Waals surface area contributed by atoms with Crippen molar-refractivity contribution >= 4 is 42.3 Å². The van der Waals surface area contributed by atoms with Crippen molar-refractivity contribution in [2.75, 3.05) is 0 Å².